The molecule has 0 unspecified atom stereocenters. The van der Waals surface area contributed by atoms with Crippen molar-refractivity contribution < 1.29 is 140 Å². The maximum Gasteiger partial charge on any atom is 0.216 e. The quantitative estimate of drug-likeness (QED) is 0.0458. The van der Waals surface area contributed by atoms with Gasteiger partial charge in [-0.1, -0.05) is 0 Å². The van der Waals surface area contributed by atoms with Crippen molar-refractivity contribution in [2.24, 2.45) is 0 Å². The van der Waals surface area contributed by atoms with Gasteiger partial charge in [0.25, 0.3) is 0 Å². The van der Waals surface area contributed by atoms with E-state index >= 15 is 0 Å². The number of hydrogen-bond donors (Lipinski definition) is 21. The summed E-state index contributed by atoms with van der Waals surface area (Å²) in [5, 5.41) is 219. The summed E-state index contributed by atoms with van der Waals surface area (Å²) < 4.78 is 38.6. The summed E-state index contributed by atoms with van der Waals surface area (Å²) in [5.74, 6) is -32.2. The van der Waals surface area contributed by atoms with Crippen LogP contribution in [0.2, 0.25) is 0 Å². The molecule has 0 atom stereocenters. The lowest BCUT2D eigenvalue weighted by molar-refractivity contribution is 0.316. The first-order valence-corrected chi connectivity index (χ1v) is 20.6. The molecule has 8 rings (SSSR count). The zero-order valence-electron chi connectivity index (χ0n) is 37.3. The minimum atomic E-state index is -1.33. The number of benzene rings is 8. The minimum absolute atomic E-state index is 0.424. The number of ether oxygens (including phenoxy) is 7. The molecule has 0 aromatic heterocycles. The summed E-state index contributed by atoms with van der Waals surface area (Å²) in [6.07, 6.45) is 0. The van der Waals surface area contributed by atoms with E-state index in [0.717, 1.165) is 42.5 Å². The van der Waals surface area contributed by atoms with Gasteiger partial charge in [-0.05, 0) is 0 Å². The van der Waals surface area contributed by atoms with Gasteiger partial charge in [0, 0.05) is 78.9 Å². The van der Waals surface area contributed by atoms with Crippen molar-refractivity contribution in [1.82, 2.24) is 0 Å². The standard InChI is InChI=1S/C48H34O28/c49-14-1-25(56)43(26(57)2-14)71-16-6-27(58)44(28(59)7-16)75-34-13-24(55)38(65)41(68)47(34)73-17-8-29(60)45(30(61)9-17)76-48-32(11-22(53)39(66)42(48)69)70-18-5-21(52)36(63)31(10-18)74-33-12-23(54)37(64)40(67)46(33)72-15-3-19(50)35(62)20(51)4-15/h1-13,49-69H. The van der Waals surface area contributed by atoms with Gasteiger partial charge in [0.2, 0.25) is 80.5 Å². The van der Waals surface area contributed by atoms with Gasteiger partial charge in [-0.15, -0.1) is 0 Å². The van der Waals surface area contributed by atoms with E-state index in [9.17, 15) is 107 Å². The van der Waals surface area contributed by atoms with Crippen molar-refractivity contribution in [3.63, 3.8) is 0 Å². The van der Waals surface area contributed by atoms with E-state index in [-0.39, 0.29) is 0 Å². The van der Waals surface area contributed by atoms with E-state index in [0.29, 0.717) is 36.4 Å². The fourth-order valence-corrected chi connectivity index (χ4v) is 6.65. The molecule has 0 saturated carbocycles. The summed E-state index contributed by atoms with van der Waals surface area (Å²) in [7, 11) is 0. The van der Waals surface area contributed by atoms with Crippen LogP contribution in [-0.4, -0.2) is 107 Å². The van der Waals surface area contributed by atoms with E-state index in [1.165, 1.54) is 0 Å². The summed E-state index contributed by atoms with van der Waals surface area (Å²) in [6, 6.07) is 9.40. The number of phenols is 21. The van der Waals surface area contributed by atoms with Gasteiger partial charge in [-0.3, -0.25) is 0 Å². The average Bonchev–Trinajstić information content (AvgIpc) is 3.35. The van der Waals surface area contributed by atoms with Gasteiger partial charge >= 0.3 is 0 Å². The van der Waals surface area contributed by atoms with Crippen molar-refractivity contribution in [2.75, 3.05) is 0 Å². The lowest BCUT2D eigenvalue weighted by Crippen LogP contribution is -1.96. The van der Waals surface area contributed by atoms with Gasteiger partial charge in [0.1, 0.15) is 28.7 Å². The Hall–Kier alpha value is -11.8. The van der Waals surface area contributed by atoms with Crippen LogP contribution in [0, 0.1) is 0 Å². The molecule has 394 valence electrons. The monoisotopic (exact) mass is 1060 g/mol. The Morgan fingerprint density at radius 2 is 0.447 bits per heavy atom. The predicted molar refractivity (Wildman–Crippen MR) is 247 cm³/mol. The first-order valence-electron chi connectivity index (χ1n) is 20.6. The van der Waals surface area contributed by atoms with E-state index in [1.54, 1.807) is 0 Å². The molecule has 0 amide bonds. The number of hydrogen-bond acceptors (Lipinski definition) is 28. The Labute approximate surface area is 419 Å². The topological polar surface area (TPSA) is 489 Å². The third-order valence-electron chi connectivity index (χ3n) is 10.2. The second kappa shape index (κ2) is 19.1. The average molecular weight is 1060 g/mol. The molecule has 0 fully saturated rings. The van der Waals surface area contributed by atoms with Gasteiger partial charge in [-0.25, -0.2) is 0 Å². The van der Waals surface area contributed by atoms with Gasteiger partial charge in [0.15, 0.2) is 92.0 Å². The summed E-state index contributed by atoms with van der Waals surface area (Å²) in [6.45, 7) is 0. The van der Waals surface area contributed by atoms with Crippen molar-refractivity contribution in [3.8, 4) is 201 Å². The molecule has 0 aliphatic heterocycles. The van der Waals surface area contributed by atoms with Crippen LogP contribution in [0.5, 0.6) is 201 Å². The van der Waals surface area contributed by atoms with Crippen LogP contribution in [0.1, 0.15) is 0 Å². The van der Waals surface area contributed by atoms with Crippen LogP contribution < -0.4 is 33.2 Å². The first kappa shape index (κ1) is 50.5. The molecule has 0 heterocycles. The van der Waals surface area contributed by atoms with Crippen LogP contribution in [0.4, 0.5) is 0 Å². The van der Waals surface area contributed by atoms with Crippen molar-refractivity contribution in [1.29, 1.82) is 0 Å². The van der Waals surface area contributed by atoms with Crippen LogP contribution in [-0.2, 0) is 0 Å². The lowest BCUT2D eigenvalue weighted by atomic mass is 10.2. The normalized spacial score (nSPS) is 10.9. The number of rotatable bonds is 14. The molecule has 0 saturated heterocycles. The van der Waals surface area contributed by atoms with Crippen LogP contribution in [0.3, 0.4) is 0 Å². The fourth-order valence-electron chi connectivity index (χ4n) is 6.65. The fraction of sp³-hybridized carbons (Fsp3) is 0. The second-order valence-corrected chi connectivity index (χ2v) is 15.5. The number of aromatic hydroxyl groups is 21. The molecule has 0 aliphatic rings. The summed E-state index contributed by atoms with van der Waals surface area (Å²) in [4.78, 5) is 0. The predicted octanol–water partition coefficient (Wildman–Crippen LogP) is 8.05. The van der Waals surface area contributed by atoms with Crippen molar-refractivity contribution >= 4 is 0 Å². The highest BCUT2D eigenvalue weighted by Crippen LogP contribution is 2.59. The van der Waals surface area contributed by atoms with Gasteiger partial charge in [-0.2, -0.15) is 0 Å². The molecule has 76 heavy (non-hydrogen) atoms. The van der Waals surface area contributed by atoms with E-state index < -0.39 is 201 Å². The SMILES string of the molecule is Oc1cc(O)c(Oc2cc(O)c(Oc3cc(O)c(O)c(O)c3Oc3cc(O)c(Oc4c(Oc5cc(O)c(O)c(Oc6cc(O)c(O)c(O)c6Oc6cc(O)c(O)c(O)c6)c5)cc(O)c(O)c4O)c(O)c3)c(O)c2)c(O)c1. The molecule has 0 radical (unpaired) electrons. The van der Waals surface area contributed by atoms with Crippen LogP contribution in [0.25, 0.3) is 0 Å². The van der Waals surface area contributed by atoms with Gasteiger partial charge < -0.3 is 140 Å². The molecule has 21 N–H and O–H groups in total. The van der Waals surface area contributed by atoms with Crippen LogP contribution >= 0.6 is 0 Å². The third kappa shape index (κ3) is 9.53. The van der Waals surface area contributed by atoms with E-state index in [1.807, 2.05) is 0 Å². The Balaban J connectivity index is 1.08. The molecule has 8 aromatic rings. The molecule has 8 aromatic carbocycles. The van der Waals surface area contributed by atoms with Crippen molar-refractivity contribution in [2.45, 2.75) is 0 Å². The second-order valence-electron chi connectivity index (χ2n) is 15.5. The highest BCUT2D eigenvalue weighted by molar-refractivity contribution is 5.71. The highest BCUT2D eigenvalue weighted by atomic mass is 16.6. The smallest absolute Gasteiger partial charge is 0.216 e. The largest absolute Gasteiger partial charge is 0.508 e. The first-order chi connectivity index (χ1) is 35.8. The summed E-state index contributed by atoms with van der Waals surface area (Å²) >= 11 is 0. The maximum absolute atomic E-state index is 11.1. The van der Waals surface area contributed by atoms with E-state index in [4.69, 9.17) is 33.2 Å². The van der Waals surface area contributed by atoms with Crippen molar-refractivity contribution in [3.05, 3.63) is 78.9 Å². The Bertz CT molecular complexity index is 3570. The molecule has 0 aliphatic carbocycles. The Morgan fingerprint density at radius 1 is 0.171 bits per heavy atom. The number of phenolic OH excluding ortho intramolecular Hbond substituents is 21. The molecule has 0 bridgehead atoms. The highest BCUT2D eigenvalue weighted by Gasteiger charge is 2.29. The summed E-state index contributed by atoms with van der Waals surface area (Å²) in [5.41, 5.74) is 0. The maximum atomic E-state index is 11.1. The molecular weight excluding hydrogens is 1020 g/mol. The zero-order chi connectivity index (χ0) is 55.3. The zero-order valence-corrected chi connectivity index (χ0v) is 37.3. The van der Waals surface area contributed by atoms with Crippen LogP contribution in [0.15, 0.2) is 78.9 Å². The third-order valence-corrected chi connectivity index (χ3v) is 10.2. The Morgan fingerprint density at radius 3 is 0.868 bits per heavy atom. The molecule has 0 spiro atoms. The van der Waals surface area contributed by atoms with Gasteiger partial charge in [0.05, 0.1) is 0 Å². The lowest BCUT2D eigenvalue weighted by Gasteiger charge is -2.19. The Kier molecular flexibility index (Phi) is 12.7. The molecule has 28 heteroatoms. The molecule has 28 nitrogen and oxygen atoms in total. The molecular formula is C48H34O28. The minimum Gasteiger partial charge on any atom is -0.508 e. The van der Waals surface area contributed by atoms with E-state index in [2.05, 4.69) is 0 Å².